The molecule has 4 heteroatoms. The largest absolute Gasteiger partial charge is 0.369 e. The van der Waals surface area contributed by atoms with Crippen molar-refractivity contribution < 1.29 is 4.74 Å². The van der Waals surface area contributed by atoms with Crippen molar-refractivity contribution in [2.75, 3.05) is 6.61 Å². The van der Waals surface area contributed by atoms with Crippen molar-refractivity contribution in [2.45, 2.75) is 50.9 Å². The number of hydrogen-bond donors (Lipinski definition) is 1. The van der Waals surface area contributed by atoms with Crippen LogP contribution < -0.4 is 5.32 Å². The van der Waals surface area contributed by atoms with Crippen LogP contribution in [0.4, 0.5) is 0 Å². The molecule has 0 saturated carbocycles. The number of rotatable bonds is 4. The molecule has 4 rings (SSSR count). The molecule has 1 aromatic heterocycles. The van der Waals surface area contributed by atoms with Gasteiger partial charge in [-0.1, -0.05) is 24.3 Å². The van der Waals surface area contributed by atoms with Crippen molar-refractivity contribution in [1.29, 1.82) is 0 Å². The molecule has 4 nitrogen and oxygen atoms in total. The molecule has 0 spiro atoms. The second-order valence-corrected chi connectivity index (χ2v) is 6.30. The number of benzene rings is 1. The molecule has 0 bridgehead atoms. The molecular weight excluding hydrogens is 274 g/mol. The molecule has 0 unspecified atom stereocenters. The van der Waals surface area contributed by atoms with E-state index >= 15 is 0 Å². The number of imidazole rings is 1. The Balaban J connectivity index is 1.47. The van der Waals surface area contributed by atoms with Gasteiger partial charge in [-0.05, 0) is 37.3 Å². The Hall–Kier alpha value is -1.65. The van der Waals surface area contributed by atoms with Crippen LogP contribution in [0.25, 0.3) is 0 Å². The summed E-state index contributed by atoms with van der Waals surface area (Å²) >= 11 is 0. The molecule has 1 fully saturated rings. The van der Waals surface area contributed by atoms with Gasteiger partial charge in [-0.25, -0.2) is 4.98 Å². The highest BCUT2D eigenvalue weighted by Gasteiger charge is 2.35. The first-order chi connectivity index (χ1) is 10.8. The van der Waals surface area contributed by atoms with Crippen LogP contribution in [0.5, 0.6) is 0 Å². The smallest absolute Gasteiger partial charge is 0.139 e. The van der Waals surface area contributed by atoms with Gasteiger partial charge in [0.25, 0.3) is 0 Å². The molecule has 2 aromatic rings. The van der Waals surface area contributed by atoms with E-state index in [1.54, 1.807) is 0 Å². The van der Waals surface area contributed by atoms with E-state index in [9.17, 15) is 0 Å². The minimum Gasteiger partial charge on any atom is -0.369 e. The van der Waals surface area contributed by atoms with Crippen LogP contribution in [-0.4, -0.2) is 28.2 Å². The van der Waals surface area contributed by atoms with Crippen molar-refractivity contribution in [3.63, 3.8) is 0 Å². The highest BCUT2D eigenvalue weighted by molar-refractivity contribution is 5.33. The van der Waals surface area contributed by atoms with Gasteiger partial charge in [0.05, 0.1) is 0 Å². The normalized spacial score (nSPS) is 24.8. The predicted molar refractivity (Wildman–Crippen MR) is 85.8 cm³/mol. The second-order valence-electron chi connectivity index (χ2n) is 6.30. The first-order valence-corrected chi connectivity index (χ1v) is 8.30. The number of nitrogens with one attached hydrogen (secondary N) is 1. The molecule has 1 aliphatic carbocycles. The van der Waals surface area contributed by atoms with Crippen LogP contribution in [0.1, 0.15) is 36.4 Å². The molecule has 0 amide bonds. The lowest BCUT2D eigenvalue weighted by Crippen LogP contribution is -2.41. The van der Waals surface area contributed by atoms with E-state index < -0.39 is 0 Å². The van der Waals surface area contributed by atoms with Gasteiger partial charge in [0.1, 0.15) is 11.9 Å². The van der Waals surface area contributed by atoms with E-state index in [-0.39, 0.29) is 6.10 Å². The Morgan fingerprint density at radius 3 is 2.77 bits per heavy atom. The van der Waals surface area contributed by atoms with Crippen LogP contribution in [0.15, 0.2) is 36.7 Å². The van der Waals surface area contributed by atoms with Gasteiger partial charge in [-0.15, -0.1) is 0 Å². The van der Waals surface area contributed by atoms with Crippen molar-refractivity contribution in [1.82, 2.24) is 14.9 Å². The van der Waals surface area contributed by atoms with E-state index in [1.165, 1.54) is 11.1 Å². The lowest BCUT2D eigenvalue weighted by Gasteiger charge is -2.23. The van der Waals surface area contributed by atoms with E-state index in [0.717, 1.165) is 38.2 Å². The summed E-state index contributed by atoms with van der Waals surface area (Å²) in [4.78, 5) is 4.53. The lowest BCUT2D eigenvalue weighted by atomic mass is 10.1. The van der Waals surface area contributed by atoms with E-state index in [2.05, 4.69) is 46.1 Å². The average molecular weight is 297 g/mol. The van der Waals surface area contributed by atoms with Crippen LogP contribution in [-0.2, 0) is 24.1 Å². The average Bonchev–Trinajstić information content (AvgIpc) is 3.25. The first-order valence-electron chi connectivity index (χ1n) is 8.30. The Morgan fingerprint density at radius 1 is 1.27 bits per heavy atom. The lowest BCUT2D eigenvalue weighted by molar-refractivity contribution is 0.0867. The van der Waals surface area contributed by atoms with E-state index in [0.29, 0.717) is 12.1 Å². The first kappa shape index (κ1) is 14.0. The van der Waals surface area contributed by atoms with Gasteiger partial charge in [-0.2, -0.15) is 0 Å². The summed E-state index contributed by atoms with van der Waals surface area (Å²) in [6, 6.07) is 9.68. The molecule has 1 saturated heterocycles. The molecule has 1 N–H and O–H groups in total. The molecule has 2 heterocycles. The molecule has 2 aliphatic rings. The van der Waals surface area contributed by atoms with Gasteiger partial charge >= 0.3 is 0 Å². The van der Waals surface area contributed by atoms with Crippen LogP contribution in [0.2, 0.25) is 0 Å². The van der Waals surface area contributed by atoms with Crippen molar-refractivity contribution >= 4 is 0 Å². The highest BCUT2D eigenvalue weighted by atomic mass is 16.5. The summed E-state index contributed by atoms with van der Waals surface area (Å²) < 4.78 is 8.18. The topological polar surface area (TPSA) is 39.1 Å². The van der Waals surface area contributed by atoms with Gasteiger partial charge in [0, 0.05) is 37.6 Å². The number of aryl methyl sites for hydroxylation is 1. The fourth-order valence-electron chi connectivity index (χ4n) is 3.84. The van der Waals surface area contributed by atoms with Crippen LogP contribution in [0, 0.1) is 0 Å². The van der Waals surface area contributed by atoms with Gasteiger partial charge in [0.15, 0.2) is 0 Å². The summed E-state index contributed by atoms with van der Waals surface area (Å²) in [6.07, 6.45) is 7.32. The number of fused-ring (bicyclic) bond motifs is 1. The summed E-state index contributed by atoms with van der Waals surface area (Å²) in [6.45, 7) is 3.91. The highest BCUT2D eigenvalue weighted by Crippen LogP contribution is 2.30. The summed E-state index contributed by atoms with van der Waals surface area (Å²) in [5.41, 5.74) is 2.98. The van der Waals surface area contributed by atoms with Gasteiger partial charge < -0.3 is 14.6 Å². The zero-order valence-corrected chi connectivity index (χ0v) is 13.0. The van der Waals surface area contributed by atoms with Crippen LogP contribution in [0.3, 0.4) is 0 Å². The predicted octanol–water partition coefficient (Wildman–Crippen LogP) is 2.49. The van der Waals surface area contributed by atoms with Crippen molar-refractivity contribution in [2.24, 2.45) is 0 Å². The number of aromatic nitrogens is 2. The molecule has 22 heavy (non-hydrogen) atoms. The quantitative estimate of drug-likeness (QED) is 0.942. The summed E-state index contributed by atoms with van der Waals surface area (Å²) in [5.74, 6) is 1.06. The molecule has 1 aliphatic heterocycles. The van der Waals surface area contributed by atoms with Crippen molar-refractivity contribution in [3.8, 4) is 0 Å². The fourth-order valence-corrected chi connectivity index (χ4v) is 3.84. The number of hydrogen-bond acceptors (Lipinski definition) is 3. The van der Waals surface area contributed by atoms with E-state index in [1.807, 2.05) is 12.4 Å². The van der Waals surface area contributed by atoms with Gasteiger partial charge in [0.2, 0.25) is 0 Å². The molecule has 116 valence electrons. The zero-order chi connectivity index (χ0) is 14.9. The molecule has 1 aromatic carbocycles. The van der Waals surface area contributed by atoms with Crippen LogP contribution >= 0.6 is 0 Å². The second kappa shape index (κ2) is 5.86. The zero-order valence-electron chi connectivity index (χ0n) is 13.0. The number of ether oxygens (including phenoxy) is 1. The third kappa shape index (κ3) is 2.46. The fraction of sp³-hybridized carbons (Fsp3) is 0.500. The third-order valence-corrected chi connectivity index (χ3v) is 4.94. The SMILES string of the molecule is CCn1ccnc1[C@H]1OCC[C@@H]1NC1Cc2ccccc2C1. The Kier molecular flexibility index (Phi) is 3.72. The van der Waals surface area contributed by atoms with E-state index in [4.69, 9.17) is 4.74 Å². The minimum absolute atomic E-state index is 0.0821. The van der Waals surface area contributed by atoms with Crippen molar-refractivity contribution in [3.05, 3.63) is 53.6 Å². The summed E-state index contributed by atoms with van der Waals surface area (Å²) in [7, 11) is 0. The maximum absolute atomic E-state index is 5.99. The molecular formula is C18H23N3O. The minimum atomic E-state index is 0.0821. The Labute approximate surface area is 131 Å². The maximum Gasteiger partial charge on any atom is 0.139 e. The molecule has 0 radical (unpaired) electrons. The number of nitrogens with zero attached hydrogens (tertiary/aromatic N) is 2. The monoisotopic (exact) mass is 297 g/mol. The summed E-state index contributed by atoms with van der Waals surface area (Å²) in [5, 5.41) is 3.84. The third-order valence-electron chi connectivity index (χ3n) is 4.94. The maximum atomic E-state index is 5.99. The van der Waals surface area contributed by atoms with Gasteiger partial charge in [-0.3, -0.25) is 0 Å². The Morgan fingerprint density at radius 2 is 2.05 bits per heavy atom. The standard InChI is InChI=1S/C18H23N3O/c1-2-21-9-8-19-18(21)17-16(7-10-22-17)20-15-11-13-5-3-4-6-14(13)12-15/h3-6,8-9,15-17,20H,2,7,10-12H2,1H3/t16-,17-/m0/s1. The molecule has 2 atom stereocenters. The Bertz CT molecular complexity index is 626.